The molecule has 3 N–H and O–H groups in total. The summed E-state index contributed by atoms with van der Waals surface area (Å²) in [4.78, 5) is 10.8. The smallest absolute Gasteiger partial charge is 0.306 e. The van der Waals surface area contributed by atoms with Crippen molar-refractivity contribution in [2.75, 3.05) is 0 Å². The van der Waals surface area contributed by atoms with Crippen LogP contribution in [0.15, 0.2) is 0 Å². The molecule has 0 radical (unpaired) electrons. The van der Waals surface area contributed by atoms with E-state index in [1.165, 1.54) is 0 Å². The standard InChI is InChI=1S/C15H28O4/c1-10(13(16)17)6-5-8-15(4,19)12-7-9-14(3,18)11(12)2/h10-12,18-19H,5-9H2,1-4H3,(H,16,17)/t10-,11-,12-,14+,15+/m1/s1. The van der Waals surface area contributed by atoms with Crippen molar-refractivity contribution >= 4 is 5.97 Å². The van der Waals surface area contributed by atoms with Crippen LogP contribution in [-0.4, -0.2) is 32.5 Å². The van der Waals surface area contributed by atoms with E-state index in [4.69, 9.17) is 5.11 Å². The van der Waals surface area contributed by atoms with Gasteiger partial charge in [-0.15, -0.1) is 0 Å². The molecule has 19 heavy (non-hydrogen) atoms. The van der Waals surface area contributed by atoms with Gasteiger partial charge in [-0.25, -0.2) is 0 Å². The third kappa shape index (κ3) is 3.93. The van der Waals surface area contributed by atoms with Gasteiger partial charge >= 0.3 is 5.97 Å². The number of hydrogen-bond donors (Lipinski definition) is 3. The van der Waals surface area contributed by atoms with Gasteiger partial charge < -0.3 is 15.3 Å². The van der Waals surface area contributed by atoms with Crippen molar-refractivity contribution in [3.63, 3.8) is 0 Å². The fraction of sp³-hybridized carbons (Fsp3) is 0.933. The van der Waals surface area contributed by atoms with Crippen LogP contribution in [-0.2, 0) is 4.79 Å². The Balaban J connectivity index is 2.50. The maximum atomic E-state index is 10.8. The number of rotatable bonds is 6. The first kappa shape index (κ1) is 16.4. The van der Waals surface area contributed by atoms with Crippen LogP contribution in [0.3, 0.4) is 0 Å². The summed E-state index contributed by atoms with van der Waals surface area (Å²) < 4.78 is 0. The predicted octanol–water partition coefficient (Wildman–Crippen LogP) is 2.43. The van der Waals surface area contributed by atoms with Crippen LogP contribution >= 0.6 is 0 Å². The number of carboxylic acids is 1. The molecule has 1 fully saturated rings. The SMILES string of the molecule is C[C@H](CCC[C@](C)(O)[C@@H]1CC[C@](C)(O)[C@@H]1C)C(=O)O. The van der Waals surface area contributed by atoms with Gasteiger partial charge in [-0.05, 0) is 57.8 Å². The highest BCUT2D eigenvalue weighted by molar-refractivity contribution is 5.69. The second-order valence-corrected chi connectivity index (χ2v) is 6.78. The first-order valence-electron chi connectivity index (χ1n) is 7.25. The van der Waals surface area contributed by atoms with Gasteiger partial charge in [0, 0.05) is 0 Å². The molecule has 1 rings (SSSR count). The number of carbonyl (C=O) groups is 1. The lowest BCUT2D eigenvalue weighted by Gasteiger charge is -2.36. The molecule has 0 unspecified atom stereocenters. The summed E-state index contributed by atoms with van der Waals surface area (Å²) in [5, 5.41) is 29.6. The molecule has 0 aromatic carbocycles. The molecule has 5 atom stereocenters. The van der Waals surface area contributed by atoms with Crippen molar-refractivity contribution in [3.8, 4) is 0 Å². The normalized spacial score (nSPS) is 35.9. The van der Waals surface area contributed by atoms with Crippen molar-refractivity contribution in [2.45, 2.75) is 71.0 Å². The molecule has 0 saturated heterocycles. The molecule has 1 aliphatic carbocycles. The zero-order chi connectivity index (χ0) is 14.8. The van der Waals surface area contributed by atoms with Crippen molar-refractivity contribution < 1.29 is 20.1 Å². The molecular formula is C15H28O4. The lowest BCUT2D eigenvalue weighted by atomic mass is 9.76. The van der Waals surface area contributed by atoms with E-state index in [9.17, 15) is 15.0 Å². The highest BCUT2D eigenvalue weighted by Crippen LogP contribution is 2.46. The lowest BCUT2D eigenvalue weighted by Crippen LogP contribution is -2.40. The van der Waals surface area contributed by atoms with Crippen molar-refractivity contribution in [1.29, 1.82) is 0 Å². The van der Waals surface area contributed by atoms with Gasteiger partial charge in [0.1, 0.15) is 0 Å². The van der Waals surface area contributed by atoms with Gasteiger partial charge in [-0.2, -0.15) is 0 Å². The zero-order valence-electron chi connectivity index (χ0n) is 12.5. The van der Waals surface area contributed by atoms with E-state index in [0.29, 0.717) is 19.3 Å². The van der Waals surface area contributed by atoms with Crippen LogP contribution in [0.5, 0.6) is 0 Å². The van der Waals surface area contributed by atoms with Gasteiger partial charge in [0.2, 0.25) is 0 Å². The quantitative estimate of drug-likeness (QED) is 0.694. The van der Waals surface area contributed by atoms with E-state index in [0.717, 1.165) is 12.8 Å². The van der Waals surface area contributed by atoms with E-state index in [1.807, 2.05) is 20.8 Å². The third-order valence-electron chi connectivity index (χ3n) is 5.09. The minimum Gasteiger partial charge on any atom is -0.481 e. The fourth-order valence-electron chi connectivity index (χ4n) is 3.28. The molecule has 4 heteroatoms. The average molecular weight is 272 g/mol. The molecule has 0 heterocycles. The lowest BCUT2D eigenvalue weighted by molar-refractivity contribution is -0.141. The van der Waals surface area contributed by atoms with E-state index >= 15 is 0 Å². The Morgan fingerprint density at radius 2 is 2.11 bits per heavy atom. The summed E-state index contributed by atoms with van der Waals surface area (Å²) in [5.41, 5.74) is -1.51. The van der Waals surface area contributed by atoms with E-state index in [1.54, 1.807) is 6.92 Å². The Morgan fingerprint density at radius 1 is 1.53 bits per heavy atom. The Hall–Kier alpha value is -0.610. The molecular weight excluding hydrogens is 244 g/mol. The predicted molar refractivity (Wildman–Crippen MR) is 73.8 cm³/mol. The van der Waals surface area contributed by atoms with Crippen LogP contribution in [0.2, 0.25) is 0 Å². The van der Waals surface area contributed by atoms with Crippen LogP contribution < -0.4 is 0 Å². The molecule has 0 aliphatic heterocycles. The highest BCUT2D eigenvalue weighted by Gasteiger charge is 2.48. The summed E-state index contributed by atoms with van der Waals surface area (Å²) in [6.07, 6.45) is 3.43. The second kappa shape index (κ2) is 5.80. The van der Waals surface area contributed by atoms with Crippen LogP contribution in [0.1, 0.15) is 59.8 Å². The topological polar surface area (TPSA) is 77.8 Å². The maximum Gasteiger partial charge on any atom is 0.306 e. The van der Waals surface area contributed by atoms with Gasteiger partial charge in [-0.1, -0.05) is 13.8 Å². The summed E-state index contributed by atoms with van der Waals surface area (Å²) in [7, 11) is 0. The molecule has 0 amide bonds. The van der Waals surface area contributed by atoms with Crippen LogP contribution in [0.4, 0.5) is 0 Å². The Bertz CT molecular complexity index is 322. The van der Waals surface area contributed by atoms with Crippen LogP contribution in [0.25, 0.3) is 0 Å². The Kier molecular flexibility index (Phi) is 5.02. The van der Waals surface area contributed by atoms with Crippen molar-refractivity contribution in [2.24, 2.45) is 17.8 Å². The molecule has 0 aromatic heterocycles. The van der Waals surface area contributed by atoms with E-state index < -0.39 is 17.2 Å². The third-order valence-corrected chi connectivity index (χ3v) is 5.09. The Morgan fingerprint density at radius 3 is 2.53 bits per heavy atom. The first-order chi connectivity index (χ1) is 8.58. The summed E-state index contributed by atoms with van der Waals surface area (Å²) >= 11 is 0. The number of aliphatic carboxylic acids is 1. The van der Waals surface area contributed by atoms with Crippen LogP contribution in [0, 0.1) is 17.8 Å². The summed E-state index contributed by atoms with van der Waals surface area (Å²) in [5.74, 6) is -0.987. The summed E-state index contributed by atoms with van der Waals surface area (Å²) in [6, 6.07) is 0. The van der Waals surface area contributed by atoms with E-state index in [2.05, 4.69) is 0 Å². The molecule has 1 aliphatic rings. The highest BCUT2D eigenvalue weighted by atomic mass is 16.4. The van der Waals surface area contributed by atoms with Gasteiger partial charge in [-0.3, -0.25) is 4.79 Å². The molecule has 4 nitrogen and oxygen atoms in total. The first-order valence-corrected chi connectivity index (χ1v) is 7.25. The monoisotopic (exact) mass is 272 g/mol. The minimum atomic E-state index is -0.821. The summed E-state index contributed by atoms with van der Waals surface area (Å²) in [6.45, 7) is 7.34. The molecule has 0 bridgehead atoms. The van der Waals surface area contributed by atoms with Crippen molar-refractivity contribution in [3.05, 3.63) is 0 Å². The molecule has 112 valence electrons. The second-order valence-electron chi connectivity index (χ2n) is 6.78. The number of carboxylic acid groups (broad SMARTS) is 1. The largest absolute Gasteiger partial charge is 0.481 e. The number of aliphatic hydroxyl groups is 2. The molecule has 0 spiro atoms. The Labute approximate surface area is 115 Å². The van der Waals surface area contributed by atoms with Crippen molar-refractivity contribution in [1.82, 2.24) is 0 Å². The minimum absolute atomic E-state index is 0.0689. The average Bonchev–Trinajstić information content (AvgIpc) is 2.54. The maximum absolute atomic E-state index is 10.8. The van der Waals surface area contributed by atoms with Gasteiger partial charge in [0.25, 0.3) is 0 Å². The van der Waals surface area contributed by atoms with Gasteiger partial charge in [0.05, 0.1) is 17.1 Å². The zero-order valence-corrected chi connectivity index (χ0v) is 12.5. The van der Waals surface area contributed by atoms with E-state index in [-0.39, 0.29) is 17.8 Å². The van der Waals surface area contributed by atoms with Gasteiger partial charge in [0.15, 0.2) is 0 Å². The molecule has 0 aromatic rings. The molecule has 1 saturated carbocycles. The number of hydrogen-bond acceptors (Lipinski definition) is 3. The fourth-order valence-corrected chi connectivity index (χ4v) is 3.28.